The number of nitrogens with zero attached hydrogens (tertiary/aromatic N) is 2. The molecule has 0 atom stereocenters. The summed E-state index contributed by atoms with van der Waals surface area (Å²) in [6.45, 7) is 0. The third kappa shape index (κ3) is 6.72. The second-order valence-electron chi connectivity index (χ2n) is 2.31. The summed E-state index contributed by atoms with van der Waals surface area (Å²) in [7, 11) is -6.00. The van der Waals surface area contributed by atoms with Crippen molar-refractivity contribution in [3.05, 3.63) is 32.2 Å². The molecule has 0 radical (unpaired) electrons. The molecule has 16 heavy (non-hydrogen) atoms. The minimum Gasteiger partial charge on any atom is -0.418 e. The number of rotatable bonds is 0. The lowest BCUT2D eigenvalue weighted by Gasteiger charge is -1.94. The Balaban J connectivity index is 0.000000385. The molecule has 0 unspecified atom stereocenters. The van der Waals surface area contributed by atoms with Gasteiger partial charge in [0.15, 0.2) is 4.98 Å². The monoisotopic (exact) mass is 294 g/mol. The van der Waals surface area contributed by atoms with Crippen LogP contribution >= 0.6 is 34.8 Å². The van der Waals surface area contributed by atoms with Gasteiger partial charge >= 0.3 is 12.9 Å². The van der Waals surface area contributed by atoms with Crippen LogP contribution in [0.25, 0.3) is 4.98 Å². The van der Waals surface area contributed by atoms with E-state index >= 15 is 0 Å². The van der Waals surface area contributed by atoms with Gasteiger partial charge in [-0.15, -0.1) is 0 Å². The summed E-state index contributed by atoms with van der Waals surface area (Å²) in [5, 5.41) is 9.28. The third-order valence-corrected chi connectivity index (χ3v) is 2.12. The fourth-order valence-corrected chi connectivity index (χ4v) is 1.17. The summed E-state index contributed by atoms with van der Waals surface area (Å²) in [5.41, 5.74) is 0.209. The highest BCUT2D eigenvalue weighted by atomic mass is 35.5. The van der Waals surface area contributed by atoms with Gasteiger partial charge in [0.25, 0.3) is 0 Å². The number of hydrogen-bond acceptors (Lipinski definition) is 1. The van der Waals surface area contributed by atoms with Gasteiger partial charge in [0, 0.05) is 0 Å². The normalized spacial score (nSPS) is 10.1. The number of diazo groups is 1. The van der Waals surface area contributed by atoms with Crippen molar-refractivity contribution in [2.75, 3.05) is 0 Å². The van der Waals surface area contributed by atoms with Crippen molar-refractivity contribution in [1.29, 1.82) is 5.39 Å². The van der Waals surface area contributed by atoms with Crippen LogP contribution in [0.5, 0.6) is 0 Å². The molecule has 0 aromatic heterocycles. The molecule has 2 nitrogen and oxygen atoms in total. The van der Waals surface area contributed by atoms with Crippen LogP contribution in [0.1, 0.15) is 0 Å². The summed E-state index contributed by atoms with van der Waals surface area (Å²) in [6.07, 6.45) is 0. The molecule has 0 N–H and O–H groups in total. The fraction of sp³-hybridized carbons (Fsp3) is 0. The molecule has 0 saturated carbocycles. The molecular formula is C6H2BCl3F4N2. The maximum absolute atomic E-state index is 9.75. The summed E-state index contributed by atoms with van der Waals surface area (Å²) in [5.74, 6) is 0. The van der Waals surface area contributed by atoms with E-state index in [0.29, 0.717) is 10.0 Å². The molecule has 0 spiro atoms. The van der Waals surface area contributed by atoms with Crippen LogP contribution in [0.4, 0.5) is 23.0 Å². The van der Waals surface area contributed by atoms with E-state index in [0.717, 1.165) is 0 Å². The van der Waals surface area contributed by atoms with E-state index in [1.807, 2.05) is 0 Å². The Labute approximate surface area is 103 Å². The molecule has 1 aromatic rings. The zero-order chi connectivity index (χ0) is 12.9. The van der Waals surface area contributed by atoms with Crippen LogP contribution in [0.3, 0.4) is 0 Å². The first-order chi connectivity index (χ1) is 7.15. The lowest BCUT2D eigenvalue weighted by atomic mass is 10.3. The van der Waals surface area contributed by atoms with Crippen molar-refractivity contribution < 1.29 is 17.3 Å². The van der Waals surface area contributed by atoms with Crippen LogP contribution < -0.4 is 0 Å². The molecule has 1 aromatic carbocycles. The van der Waals surface area contributed by atoms with Crippen LogP contribution in [0.2, 0.25) is 15.1 Å². The Morgan fingerprint density at radius 2 is 1.31 bits per heavy atom. The first kappa shape index (κ1) is 15.3. The van der Waals surface area contributed by atoms with E-state index in [9.17, 15) is 17.3 Å². The van der Waals surface area contributed by atoms with Crippen LogP contribution in [0, 0.1) is 5.39 Å². The predicted molar refractivity (Wildman–Crippen MR) is 56.4 cm³/mol. The second kappa shape index (κ2) is 6.13. The minimum atomic E-state index is -6.00. The average Bonchev–Trinajstić information content (AvgIpc) is 2.08. The van der Waals surface area contributed by atoms with Crippen LogP contribution in [-0.4, -0.2) is 7.25 Å². The largest absolute Gasteiger partial charge is 0.673 e. The van der Waals surface area contributed by atoms with E-state index in [1.165, 1.54) is 12.1 Å². The zero-order valence-electron chi connectivity index (χ0n) is 7.27. The maximum atomic E-state index is 9.75. The van der Waals surface area contributed by atoms with Crippen molar-refractivity contribution in [3.63, 3.8) is 0 Å². The number of hydrogen-bond donors (Lipinski definition) is 0. The molecule has 0 aliphatic rings. The van der Waals surface area contributed by atoms with Gasteiger partial charge in [-0.1, -0.05) is 34.8 Å². The smallest absolute Gasteiger partial charge is 0.418 e. The van der Waals surface area contributed by atoms with Gasteiger partial charge in [-0.25, -0.2) is 0 Å². The molecule has 0 aliphatic heterocycles. The molecule has 0 fully saturated rings. The zero-order valence-corrected chi connectivity index (χ0v) is 9.54. The first-order valence-corrected chi connectivity index (χ1v) is 4.65. The lowest BCUT2D eigenvalue weighted by molar-refractivity contribution is 0.368. The quantitative estimate of drug-likeness (QED) is 0.271. The molecule has 1 rings (SSSR count). The Bertz CT molecular complexity index is 411. The summed E-state index contributed by atoms with van der Waals surface area (Å²) in [4.78, 5) is 2.90. The van der Waals surface area contributed by atoms with Gasteiger partial charge in [-0.2, -0.15) is 0 Å². The Hall–Kier alpha value is -0.705. The molecule has 0 heterocycles. The predicted octanol–water partition coefficient (Wildman–Crippen LogP) is 5.43. The fourth-order valence-electron chi connectivity index (χ4n) is 0.589. The molecule has 0 bridgehead atoms. The topological polar surface area (TPSA) is 28.1 Å². The van der Waals surface area contributed by atoms with Crippen LogP contribution in [-0.2, 0) is 0 Å². The minimum absolute atomic E-state index is 0.209. The van der Waals surface area contributed by atoms with Crippen molar-refractivity contribution in [3.8, 4) is 0 Å². The van der Waals surface area contributed by atoms with Crippen molar-refractivity contribution in [2.45, 2.75) is 0 Å². The highest BCUT2D eigenvalue weighted by Crippen LogP contribution is 2.33. The Morgan fingerprint density at radius 3 is 1.69 bits per heavy atom. The summed E-state index contributed by atoms with van der Waals surface area (Å²) < 4.78 is 39.0. The number of halogens is 7. The van der Waals surface area contributed by atoms with Gasteiger partial charge in [0.2, 0.25) is 5.39 Å². The Kier molecular flexibility index (Phi) is 5.86. The molecule has 10 heteroatoms. The van der Waals surface area contributed by atoms with E-state index in [2.05, 4.69) is 4.98 Å². The highest BCUT2D eigenvalue weighted by molar-refractivity contribution is 6.50. The van der Waals surface area contributed by atoms with Crippen molar-refractivity contribution >= 4 is 47.7 Å². The van der Waals surface area contributed by atoms with Crippen molar-refractivity contribution in [2.24, 2.45) is 0 Å². The highest BCUT2D eigenvalue weighted by Gasteiger charge is 2.20. The van der Waals surface area contributed by atoms with Gasteiger partial charge in [0.05, 0.1) is 16.1 Å². The van der Waals surface area contributed by atoms with Crippen LogP contribution in [0.15, 0.2) is 12.1 Å². The van der Waals surface area contributed by atoms with Gasteiger partial charge < -0.3 is 17.3 Å². The average molecular weight is 295 g/mol. The molecule has 0 amide bonds. The lowest BCUT2D eigenvalue weighted by Crippen LogP contribution is -2.02. The summed E-state index contributed by atoms with van der Waals surface area (Å²) >= 11 is 16.8. The third-order valence-electron chi connectivity index (χ3n) is 1.10. The second-order valence-corrected chi connectivity index (χ2v) is 3.53. The Morgan fingerprint density at radius 1 is 0.938 bits per heavy atom. The molecule has 0 saturated heterocycles. The molecule has 0 aliphatic carbocycles. The van der Waals surface area contributed by atoms with E-state index < -0.39 is 7.25 Å². The van der Waals surface area contributed by atoms with E-state index in [1.54, 1.807) is 0 Å². The maximum Gasteiger partial charge on any atom is 0.673 e. The summed E-state index contributed by atoms with van der Waals surface area (Å²) in [6, 6.07) is 2.80. The number of benzene rings is 1. The molecule has 88 valence electrons. The van der Waals surface area contributed by atoms with Gasteiger partial charge in [0.1, 0.15) is 5.02 Å². The van der Waals surface area contributed by atoms with Gasteiger partial charge in [-0.05, 0) is 6.07 Å². The van der Waals surface area contributed by atoms with E-state index in [-0.39, 0.29) is 10.7 Å². The standard InChI is InChI=1S/C6H2Cl3N2.BF4/c7-3-1-5(9)6(11-10)2-4(3)8;2-1(3,4)5/h1-2H;/q+1;-1. The molecular weight excluding hydrogens is 293 g/mol. The first-order valence-electron chi connectivity index (χ1n) is 3.52. The van der Waals surface area contributed by atoms with E-state index in [4.69, 9.17) is 40.2 Å². The van der Waals surface area contributed by atoms with Crippen molar-refractivity contribution in [1.82, 2.24) is 0 Å². The SMILES string of the molecule is F[B-](F)(F)F.N#[N+]c1cc(Cl)c(Cl)cc1Cl. The van der Waals surface area contributed by atoms with Gasteiger partial charge in [-0.3, -0.25) is 0 Å².